The van der Waals surface area contributed by atoms with E-state index in [4.69, 9.17) is 0 Å². The van der Waals surface area contributed by atoms with Crippen molar-refractivity contribution in [2.75, 3.05) is 7.05 Å². The lowest BCUT2D eigenvalue weighted by Crippen LogP contribution is -2.27. The third kappa shape index (κ3) is 2.99. The monoisotopic (exact) mass is 289 g/mol. The van der Waals surface area contributed by atoms with Crippen molar-refractivity contribution in [1.82, 2.24) is 24.5 Å². The third-order valence-corrected chi connectivity index (χ3v) is 3.76. The largest absolute Gasteiger partial charge is 0.336 e. The molecule has 0 saturated carbocycles. The molecule has 6 nitrogen and oxygen atoms in total. The highest BCUT2D eigenvalue weighted by Crippen LogP contribution is 2.16. The first-order valence-electron chi connectivity index (χ1n) is 7.29. The molecule has 21 heavy (non-hydrogen) atoms. The summed E-state index contributed by atoms with van der Waals surface area (Å²) < 4.78 is 3.72. The predicted molar refractivity (Wildman–Crippen MR) is 81.1 cm³/mol. The van der Waals surface area contributed by atoms with Gasteiger partial charge in [0.25, 0.3) is 5.91 Å². The van der Waals surface area contributed by atoms with Crippen LogP contribution in [0.2, 0.25) is 0 Å². The van der Waals surface area contributed by atoms with Crippen molar-refractivity contribution in [2.45, 2.75) is 47.3 Å². The smallest absolute Gasteiger partial charge is 0.274 e. The second-order valence-corrected chi connectivity index (χ2v) is 5.18. The molecule has 0 saturated heterocycles. The van der Waals surface area contributed by atoms with E-state index < -0.39 is 0 Å². The molecule has 0 fully saturated rings. The Morgan fingerprint density at radius 2 is 1.95 bits per heavy atom. The zero-order valence-corrected chi connectivity index (χ0v) is 13.4. The summed E-state index contributed by atoms with van der Waals surface area (Å²) in [5.41, 5.74) is 3.70. The average Bonchev–Trinajstić information content (AvgIpc) is 3.06. The highest BCUT2D eigenvalue weighted by molar-refractivity contribution is 5.92. The van der Waals surface area contributed by atoms with Gasteiger partial charge in [0.2, 0.25) is 0 Å². The van der Waals surface area contributed by atoms with E-state index in [-0.39, 0.29) is 5.91 Å². The molecule has 2 aromatic heterocycles. The van der Waals surface area contributed by atoms with Crippen LogP contribution in [-0.4, -0.2) is 37.4 Å². The number of hydrogen-bond acceptors (Lipinski definition) is 3. The summed E-state index contributed by atoms with van der Waals surface area (Å²) in [5, 5.41) is 8.75. The Morgan fingerprint density at radius 3 is 2.48 bits per heavy atom. The van der Waals surface area contributed by atoms with E-state index in [1.54, 1.807) is 22.7 Å². The van der Waals surface area contributed by atoms with E-state index in [9.17, 15) is 4.79 Å². The maximum atomic E-state index is 12.4. The zero-order valence-electron chi connectivity index (χ0n) is 13.4. The van der Waals surface area contributed by atoms with Crippen LogP contribution in [-0.2, 0) is 19.6 Å². The van der Waals surface area contributed by atoms with Gasteiger partial charge >= 0.3 is 0 Å². The summed E-state index contributed by atoms with van der Waals surface area (Å²) >= 11 is 0. The second kappa shape index (κ2) is 6.11. The highest BCUT2D eigenvalue weighted by atomic mass is 16.2. The lowest BCUT2D eigenvalue weighted by molar-refractivity contribution is 0.0778. The fourth-order valence-corrected chi connectivity index (χ4v) is 2.43. The van der Waals surface area contributed by atoms with Gasteiger partial charge in [0.05, 0.1) is 5.69 Å². The lowest BCUT2D eigenvalue weighted by atomic mass is 10.2. The minimum absolute atomic E-state index is 0.0646. The van der Waals surface area contributed by atoms with Gasteiger partial charge in [0, 0.05) is 44.1 Å². The molecular formula is C15H23N5O. The molecule has 0 spiro atoms. The number of aryl methyl sites for hydroxylation is 3. The van der Waals surface area contributed by atoms with Crippen LogP contribution in [0.4, 0.5) is 0 Å². The molecule has 0 radical (unpaired) electrons. The first kappa shape index (κ1) is 15.3. The van der Waals surface area contributed by atoms with Crippen molar-refractivity contribution < 1.29 is 4.79 Å². The Kier molecular flexibility index (Phi) is 4.45. The lowest BCUT2D eigenvalue weighted by Gasteiger charge is -2.16. The van der Waals surface area contributed by atoms with Gasteiger partial charge in [-0.15, -0.1) is 0 Å². The number of nitrogens with zero attached hydrogens (tertiary/aromatic N) is 5. The van der Waals surface area contributed by atoms with Crippen LogP contribution >= 0.6 is 0 Å². The SMILES string of the molecule is CCn1ccc(C(=O)N(C)Cc2c(C)nn(CC)c2C)n1. The summed E-state index contributed by atoms with van der Waals surface area (Å²) in [6, 6.07) is 1.76. The molecule has 0 unspecified atom stereocenters. The molecule has 0 N–H and O–H groups in total. The zero-order chi connectivity index (χ0) is 15.6. The van der Waals surface area contributed by atoms with E-state index in [1.165, 1.54) is 0 Å². The fraction of sp³-hybridized carbons (Fsp3) is 0.533. The van der Waals surface area contributed by atoms with Gasteiger partial charge in [-0.1, -0.05) is 0 Å². The van der Waals surface area contributed by atoms with Crippen LogP contribution in [0.15, 0.2) is 12.3 Å². The molecule has 0 aliphatic rings. The normalized spacial score (nSPS) is 10.9. The molecule has 1 amide bonds. The Labute approximate surface area is 125 Å². The van der Waals surface area contributed by atoms with Crippen molar-refractivity contribution in [1.29, 1.82) is 0 Å². The molecule has 2 heterocycles. The molecule has 0 atom stereocenters. The molecule has 2 rings (SSSR count). The van der Waals surface area contributed by atoms with Gasteiger partial charge in [0.1, 0.15) is 5.69 Å². The number of rotatable bonds is 5. The highest BCUT2D eigenvalue weighted by Gasteiger charge is 2.18. The van der Waals surface area contributed by atoms with Crippen LogP contribution < -0.4 is 0 Å². The van der Waals surface area contributed by atoms with Crippen molar-refractivity contribution in [2.24, 2.45) is 0 Å². The molecule has 0 bridgehead atoms. The van der Waals surface area contributed by atoms with Crippen LogP contribution in [0, 0.1) is 13.8 Å². The Balaban J connectivity index is 2.16. The summed E-state index contributed by atoms with van der Waals surface area (Å²) in [7, 11) is 1.80. The maximum Gasteiger partial charge on any atom is 0.274 e. The fourth-order valence-electron chi connectivity index (χ4n) is 2.43. The van der Waals surface area contributed by atoms with Crippen LogP contribution in [0.1, 0.15) is 41.3 Å². The standard InChI is InChI=1S/C15H23N5O/c1-6-19-9-8-14(17-19)15(21)18(5)10-13-11(3)16-20(7-2)12(13)4/h8-9H,6-7,10H2,1-5H3. The van der Waals surface area contributed by atoms with Gasteiger partial charge in [-0.05, 0) is 33.8 Å². The minimum atomic E-state index is -0.0646. The number of aromatic nitrogens is 4. The summed E-state index contributed by atoms with van der Waals surface area (Å²) in [6.45, 7) is 10.2. The van der Waals surface area contributed by atoms with Gasteiger partial charge < -0.3 is 4.90 Å². The summed E-state index contributed by atoms with van der Waals surface area (Å²) in [6.07, 6.45) is 1.83. The molecule has 0 aliphatic heterocycles. The van der Waals surface area contributed by atoms with E-state index >= 15 is 0 Å². The molecule has 0 aliphatic carbocycles. The predicted octanol–water partition coefficient (Wildman–Crippen LogP) is 2.01. The number of amides is 1. The van der Waals surface area contributed by atoms with Gasteiger partial charge in [-0.2, -0.15) is 10.2 Å². The summed E-state index contributed by atoms with van der Waals surface area (Å²) in [4.78, 5) is 14.1. The van der Waals surface area contributed by atoms with Crippen molar-refractivity contribution >= 4 is 5.91 Å². The van der Waals surface area contributed by atoms with Crippen molar-refractivity contribution in [3.05, 3.63) is 34.9 Å². The molecular weight excluding hydrogens is 266 g/mol. The molecule has 0 aromatic carbocycles. The average molecular weight is 289 g/mol. The number of hydrogen-bond donors (Lipinski definition) is 0. The minimum Gasteiger partial charge on any atom is -0.336 e. The maximum absolute atomic E-state index is 12.4. The third-order valence-electron chi connectivity index (χ3n) is 3.76. The Hall–Kier alpha value is -2.11. The quantitative estimate of drug-likeness (QED) is 0.846. The Bertz CT molecular complexity index is 641. The topological polar surface area (TPSA) is 56.0 Å². The second-order valence-electron chi connectivity index (χ2n) is 5.18. The van der Waals surface area contributed by atoms with Crippen LogP contribution in [0.3, 0.4) is 0 Å². The van der Waals surface area contributed by atoms with Gasteiger partial charge in [-0.3, -0.25) is 14.2 Å². The van der Waals surface area contributed by atoms with E-state index in [0.717, 1.165) is 30.0 Å². The van der Waals surface area contributed by atoms with Gasteiger partial charge in [0.15, 0.2) is 0 Å². The number of carbonyl (C=O) groups is 1. The first-order valence-corrected chi connectivity index (χ1v) is 7.29. The van der Waals surface area contributed by atoms with Gasteiger partial charge in [-0.25, -0.2) is 0 Å². The van der Waals surface area contributed by atoms with Crippen LogP contribution in [0.5, 0.6) is 0 Å². The first-order chi connectivity index (χ1) is 9.97. The van der Waals surface area contributed by atoms with Crippen LogP contribution in [0.25, 0.3) is 0 Å². The molecule has 6 heteroatoms. The van der Waals surface area contributed by atoms with E-state index in [0.29, 0.717) is 12.2 Å². The number of carbonyl (C=O) groups excluding carboxylic acids is 1. The van der Waals surface area contributed by atoms with E-state index in [2.05, 4.69) is 17.1 Å². The van der Waals surface area contributed by atoms with Crippen molar-refractivity contribution in [3.8, 4) is 0 Å². The summed E-state index contributed by atoms with van der Waals surface area (Å²) in [5.74, 6) is -0.0646. The van der Waals surface area contributed by atoms with Crippen molar-refractivity contribution in [3.63, 3.8) is 0 Å². The van der Waals surface area contributed by atoms with E-state index in [1.807, 2.05) is 31.6 Å². The Morgan fingerprint density at radius 1 is 1.24 bits per heavy atom. The molecule has 2 aromatic rings. The molecule has 114 valence electrons.